The van der Waals surface area contributed by atoms with E-state index in [0.717, 1.165) is 17.8 Å². The number of anilines is 1. The first-order valence-electron chi connectivity index (χ1n) is 5.05. The normalized spacial score (nSPS) is 9.56. The van der Waals surface area contributed by atoms with Gasteiger partial charge in [-0.3, -0.25) is 0 Å². The summed E-state index contributed by atoms with van der Waals surface area (Å²) >= 11 is 0. The fourth-order valence-corrected chi connectivity index (χ4v) is 1.09. The molecule has 5 nitrogen and oxygen atoms in total. The van der Waals surface area contributed by atoms with Crippen molar-refractivity contribution in [1.29, 1.82) is 0 Å². The lowest BCUT2D eigenvalue weighted by Crippen LogP contribution is -2.12. The number of carbonyl (C=O) groups excluding carboxylic acids is 1. The summed E-state index contributed by atoms with van der Waals surface area (Å²) in [6.45, 7) is 0.647. The summed E-state index contributed by atoms with van der Waals surface area (Å²) in [4.78, 5) is 21.1. The van der Waals surface area contributed by atoms with Crippen molar-refractivity contribution in [1.82, 2.24) is 0 Å². The third-order valence-electron chi connectivity index (χ3n) is 1.81. The number of esters is 1. The highest BCUT2D eigenvalue weighted by molar-refractivity contribution is 5.90. The van der Waals surface area contributed by atoms with Crippen LogP contribution < -0.4 is 5.32 Å². The molecule has 0 radical (unpaired) electrons. The van der Waals surface area contributed by atoms with E-state index in [2.05, 4.69) is 5.32 Å². The molecule has 0 fully saturated rings. The van der Waals surface area contributed by atoms with Crippen LogP contribution in [0.25, 0.3) is 0 Å². The van der Waals surface area contributed by atoms with E-state index in [-0.39, 0.29) is 19.0 Å². The average molecular weight is 272 g/mol. The number of para-hydroxylation sites is 1. The molecule has 1 aromatic rings. The smallest absolute Gasteiger partial charge is 0.331 e. The van der Waals surface area contributed by atoms with Crippen LogP contribution in [0, 0.1) is 0 Å². The van der Waals surface area contributed by atoms with Gasteiger partial charge in [0, 0.05) is 24.4 Å². The van der Waals surface area contributed by atoms with Crippen molar-refractivity contribution in [2.75, 3.05) is 18.5 Å². The molecule has 0 spiro atoms. The summed E-state index contributed by atoms with van der Waals surface area (Å²) in [6.07, 6.45) is 1.62. The molecule has 0 unspecified atom stereocenters. The Morgan fingerprint density at radius 2 is 1.89 bits per heavy atom. The van der Waals surface area contributed by atoms with E-state index in [1.54, 1.807) is 0 Å². The van der Waals surface area contributed by atoms with Crippen molar-refractivity contribution in [2.45, 2.75) is 0 Å². The Morgan fingerprint density at radius 3 is 2.50 bits per heavy atom. The van der Waals surface area contributed by atoms with E-state index in [0.29, 0.717) is 6.54 Å². The maximum Gasteiger partial charge on any atom is 0.331 e. The van der Waals surface area contributed by atoms with E-state index in [4.69, 9.17) is 9.84 Å². The highest BCUT2D eigenvalue weighted by Crippen LogP contribution is 2.03. The van der Waals surface area contributed by atoms with Gasteiger partial charge < -0.3 is 15.2 Å². The van der Waals surface area contributed by atoms with Gasteiger partial charge in [0.25, 0.3) is 0 Å². The Hall–Kier alpha value is -2.01. The zero-order chi connectivity index (χ0) is 12.5. The first kappa shape index (κ1) is 16.0. The molecule has 6 heteroatoms. The van der Waals surface area contributed by atoms with Crippen LogP contribution in [0.5, 0.6) is 0 Å². The minimum absolute atomic E-state index is 0. The van der Waals surface area contributed by atoms with Crippen LogP contribution in [0.4, 0.5) is 5.69 Å². The molecule has 0 saturated heterocycles. The number of halogens is 1. The SMILES string of the molecule is Cl.O=C(O)C=CC(=O)OCCNc1ccccc1. The van der Waals surface area contributed by atoms with Gasteiger partial charge in [-0.15, -0.1) is 12.4 Å². The molecule has 0 atom stereocenters. The standard InChI is InChI=1S/C12H13NO4.ClH/c14-11(15)6-7-12(16)17-9-8-13-10-4-2-1-3-5-10;/h1-7,13H,8-9H2,(H,14,15);1H. The monoisotopic (exact) mass is 271 g/mol. The molecule has 18 heavy (non-hydrogen) atoms. The second-order valence-electron chi connectivity index (χ2n) is 3.13. The lowest BCUT2D eigenvalue weighted by molar-refractivity contribution is -0.138. The van der Waals surface area contributed by atoms with Gasteiger partial charge in [0.2, 0.25) is 0 Å². The van der Waals surface area contributed by atoms with Crippen molar-refractivity contribution in [2.24, 2.45) is 0 Å². The highest BCUT2D eigenvalue weighted by Gasteiger charge is 1.97. The number of benzene rings is 1. The average Bonchev–Trinajstić information content (AvgIpc) is 2.33. The van der Waals surface area contributed by atoms with Gasteiger partial charge in [-0.05, 0) is 12.1 Å². The van der Waals surface area contributed by atoms with E-state index >= 15 is 0 Å². The number of carboxylic acids is 1. The van der Waals surface area contributed by atoms with E-state index < -0.39 is 11.9 Å². The highest BCUT2D eigenvalue weighted by atomic mass is 35.5. The molecule has 2 N–H and O–H groups in total. The second kappa shape index (κ2) is 9.07. The van der Waals surface area contributed by atoms with Crippen LogP contribution >= 0.6 is 12.4 Å². The van der Waals surface area contributed by atoms with Crippen molar-refractivity contribution in [3.63, 3.8) is 0 Å². The predicted octanol–water partition coefficient (Wildman–Crippen LogP) is 1.70. The van der Waals surface area contributed by atoms with Gasteiger partial charge in [-0.2, -0.15) is 0 Å². The summed E-state index contributed by atoms with van der Waals surface area (Å²) in [7, 11) is 0. The fourth-order valence-electron chi connectivity index (χ4n) is 1.09. The van der Waals surface area contributed by atoms with Crippen LogP contribution in [0.15, 0.2) is 42.5 Å². The van der Waals surface area contributed by atoms with Gasteiger partial charge >= 0.3 is 11.9 Å². The summed E-state index contributed by atoms with van der Waals surface area (Å²) < 4.78 is 4.76. The van der Waals surface area contributed by atoms with Gasteiger partial charge in [0.15, 0.2) is 0 Å². The van der Waals surface area contributed by atoms with Crippen molar-refractivity contribution in [3.05, 3.63) is 42.5 Å². The molecule has 1 rings (SSSR count). The quantitative estimate of drug-likeness (QED) is 0.468. The Kier molecular flexibility index (Phi) is 8.05. The lowest BCUT2D eigenvalue weighted by Gasteiger charge is -2.05. The Morgan fingerprint density at radius 1 is 1.22 bits per heavy atom. The summed E-state index contributed by atoms with van der Waals surface area (Å²) in [5.74, 6) is -1.84. The molecular formula is C12H14ClNO4. The topological polar surface area (TPSA) is 75.6 Å². The number of carbonyl (C=O) groups is 2. The van der Waals surface area contributed by atoms with Crippen molar-refractivity contribution < 1.29 is 19.4 Å². The molecule has 0 aliphatic heterocycles. The van der Waals surface area contributed by atoms with Crippen molar-refractivity contribution in [3.8, 4) is 0 Å². The maximum atomic E-state index is 11.0. The minimum atomic E-state index is -1.18. The molecule has 0 bridgehead atoms. The molecule has 0 aromatic heterocycles. The first-order chi connectivity index (χ1) is 8.18. The van der Waals surface area contributed by atoms with Crippen LogP contribution in [-0.4, -0.2) is 30.2 Å². The zero-order valence-corrected chi connectivity index (χ0v) is 10.4. The third kappa shape index (κ3) is 7.29. The predicted molar refractivity (Wildman–Crippen MR) is 69.9 cm³/mol. The van der Waals surface area contributed by atoms with Crippen LogP contribution in [-0.2, 0) is 14.3 Å². The molecule has 0 heterocycles. The molecule has 0 aliphatic carbocycles. The molecule has 0 aliphatic rings. The molecule has 0 amide bonds. The number of aliphatic carboxylic acids is 1. The second-order valence-corrected chi connectivity index (χ2v) is 3.13. The molecule has 0 saturated carbocycles. The van der Waals surface area contributed by atoms with Crippen LogP contribution in [0.1, 0.15) is 0 Å². The van der Waals surface area contributed by atoms with E-state index in [1.807, 2.05) is 30.3 Å². The minimum Gasteiger partial charge on any atom is -0.478 e. The van der Waals surface area contributed by atoms with Gasteiger partial charge in [-0.25, -0.2) is 9.59 Å². The Balaban J connectivity index is 0.00000289. The summed E-state index contributed by atoms with van der Waals surface area (Å²) in [6, 6.07) is 9.48. The Bertz CT molecular complexity index is 406. The maximum absolute atomic E-state index is 11.0. The van der Waals surface area contributed by atoms with Gasteiger partial charge in [0.1, 0.15) is 6.61 Å². The van der Waals surface area contributed by atoms with Gasteiger partial charge in [-0.1, -0.05) is 18.2 Å². The van der Waals surface area contributed by atoms with Crippen LogP contribution in [0.3, 0.4) is 0 Å². The molecule has 98 valence electrons. The number of rotatable bonds is 6. The zero-order valence-electron chi connectivity index (χ0n) is 9.54. The van der Waals surface area contributed by atoms with Crippen molar-refractivity contribution >= 4 is 30.0 Å². The number of hydrogen-bond acceptors (Lipinski definition) is 4. The van der Waals surface area contributed by atoms with Gasteiger partial charge in [0.05, 0.1) is 0 Å². The number of hydrogen-bond donors (Lipinski definition) is 2. The van der Waals surface area contributed by atoms with Crippen LogP contribution in [0.2, 0.25) is 0 Å². The largest absolute Gasteiger partial charge is 0.478 e. The molecule has 1 aromatic carbocycles. The molecular weight excluding hydrogens is 258 g/mol. The lowest BCUT2D eigenvalue weighted by atomic mass is 10.3. The first-order valence-corrected chi connectivity index (χ1v) is 5.05. The van der Waals surface area contributed by atoms with E-state index in [1.165, 1.54) is 0 Å². The Labute approximate surface area is 111 Å². The number of nitrogens with one attached hydrogen (secondary N) is 1. The number of carboxylic acid groups (broad SMARTS) is 1. The fraction of sp³-hybridized carbons (Fsp3) is 0.167. The third-order valence-corrected chi connectivity index (χ3v) is 1.81. The van der Waals surface area contributed by atoms with E-state index in [9.17, 15) is 9.59 Å². The number of ether oxygens (including phenoxy) is 1. The summed E-state index contributed by atoms with van der Waals surface area (Å²) in [5.41, 5.74) is 0.935. The summed E-state index contributed by atoms with van der Waals surface area (Å²) in [5, 5.41) is 11.3.